The molecule has 0 bridgehead atoms. The van der Waals surface area contributed by atoms with E-state index in [1.165, 1.54) is 0 Å². The Balaban J connectivity index is 1.19. The third-order valence-corrected chi connectivity index (χ3v) is 7.51. The standard InChI is InChI=1S/C31H37N5O4/c1-39-26-11-5-10-25(21-26)28-13-14-29(33-32-28)34-15-7-16-35(18-17-34)31(38)23-36(22-27-12-6-19-40-27)30(37)20-24-8-3-2-4-9-24/h2-5,8-11,13-14,21,27H,6-7,12,15-20,22-23H2,1H3. The Morgan fingerprint density at radius 3 is 2.60 bits per heavy atom. The van der Waals surface area contributed by atoms with Crippen molar-refractivity contribution in [2.45, 2.75) is 31.8 Å². The van der Waals surface area contributed by atoms with Crippen molar-refractivity contribution in [1.82, 2.24) is 20.0 Å². The van der Waals surface area contributed by atoms with Gasteiger partial charge in [0.2, 0.25) is 11.8 Å². The number of hydrogen-bond acceptors (Lipinski definition) is 7. The maximum Gasteiger partial charge on any atom is 0.242 e. The Bertz CT molecular complexity index is 1260. The number of ether oxygens (including phenoxy) is 2. The SMILES string of the molecule is COc1cccc(-c2ccc(N3CCCN(C(=O)CN(CC4CCCO4)C(=O)Cc4ccccc4)CC3)nn2)c1. The molecule has 0 saturated carbocycles. The number of nitrogens with zero attached hydrogens (tertiary/aromatic N) is 5. The van der Waals surface area contributed by atoms with Gasteiger partial charge in [0.05, 0.1) is 31.9 Å². The fourth-order valence-electron chi connectivity index (χ4n) is 5.26. The Kier molecular flexibility index (Phi) is 9.23. The van der Waals surface area contributed by atoms with Crippen LogP contribution in [-0.2, 0) is 20.7 Å². The van der Waals surface area contributed by atoms with Gasteiger partial charge in [0, 0.05) is 44.9 Å². The average Bonchev–Trinajstić information content (AvgIpc) is 3.38. The van der Waals surface area contributed by atoms with Gasteiger partial charge in [0.25, 0.3) is 0 Å². The van der Waals surface area contributed by atoms with Crippen LogP contribution in [0.15, 0.2) is 66.7 Å². The maximum atomic E-state index is 13.4. The molecule has 2 saturated heterocycles. The lowest BCUT2D eigenvalue weighted by Crippen LogP contribution is -2.47. The Morgan fingerprint density at radius 1 is 0.975 bits per heavy atom. The molecule has 0 radical (unpaired) electrons. The average molecular weight is 544 g/mol. The van der Waals surface area contributed by atoms with E-state index in [1.807, 2.05) is 71.6 Å². The topological polar surface area (TPSA) is 88.1 Å². The van der Waals surface area contributed by atoms with Crippen LogP contribution in [0.25, 0.3) is 11.3 Å². The summed E-state index contributed by atoms with van der Waals surface area (Å²) in [6, 6.07) is 21.4. The summed E-state index contributed by atoms with van der Waals surface area (Å²) in [5, 5.41) is 8.92. The second-order valence-corrected chi connectivity index (χ2v) is 10.3. The lowest BCUT2D eigenvalue weighted by atomic mass is 10.1. The zero-order chi connectivity index (χ0) is 27.7. The summed E-state index contributed by atoms with van der Waals surface area (Å²) in [5.74, 6) is 1.49. The highest BCUT2D eigenvalue weighted by molar-refractivity contribution is 5.86. The first kappa shape index (κ1) is 27.6. The maximum absolute atomic E-state index is 13.4. The summed E-state index contributed by atoms with van der Waals surface area (Å²) in [7, 11) is 1.64. The van der Waals surface area contributed by atoms with Crippen molar-refractivity contribution in [2.24, 2.45) is 0 Å². The molecule has 3 heterocycles. The Hall–Kier alpha value is -3.98. The van der Waals surface area contributed by atoms with Crippen LogP contribution in [0, 0.1) is 0 Å². The third kappa shape index (κ3) is 7.15. The van der Waals surface area contributed by atoms with E-state index < -0.39 is 0 Å². The lowest BCUT2D eigenvalue weighted by molar-refractivity contribution is -0.141. The van der Waals surface area contributed by atoms with E-state index in [0.29, 0.717) is 32.8 Å². The highest BCUT2D eigenvalue weighted by Crippen LogP contribution is 2.23. The van der Waals surface area contributed by atoms with E-state index in [-0.39, 0.29) is 30.9 Å². The highest BCUT2D eigenvalue weighted by atomic mass is 16.5. The number of carbonyl (C=O) groups is 2. The highest BCUT2D eigenvalue weighted by Gasteiger charge is 2.27. The molecule has 1 unspecified atom stereocenters. The van der Waals surface area contributed by atoms with Crippen molar-refractivity contribution in [3.63, 3.8) is 0 Å². The van der Waals surface area contributed by atoms with Crippen molar-refractivity contribution >= 4 is 17.6 Å². The summed E-state index contributed by atoms with van der Waals surface area (Å²) in [6.45, 7) is 3.88. The first-order valence-corrected chi connectivity index (χ1v) is 14.0. The van der Waals surface area contributed by atoms with Crippen molar-refractivity contribution in [3.05, 3.63) is 72.3 Å². The molecule has 40 heavy (non-hydrogen) atoms. The van der Waals surface area contributed by atoms with E-state index in [0.717, 1.165) is 54.2 Å². The van der Waals surface area contributed by atoms with Gasteiger partial charge in [-0.15, -0.1) is 10.2 Å². The van der Waals surface area contributed by atoms with Crippen LogP contribution in [0.2, 0.25) is 0 Å². The minimum Gasteiger partial charge on any atom is -0.497 e. The van der Waals surface area contributed by atoms with Crippen LogP contribution in [0.5, 0.6) is 5.75 Å². The van der Waals surface area contributed by atoms with Crippen molar-refractivity contribution in [2.75, 3.05) is 57.9 Å². The molecule has 9 heteroatoms. The molecule has 1 atom stereocenters. The van der Waals surface area contributed by atoms with Gasteiger partial charge in [0.15, 0.2) is 5.82 Å². The third-order valence-electron chi connectivity index (χ3n) is 7.51. The molecule has 3 aromatic rings. The van der Waals surface area contributed by atoms with Gasteiger partial charge in [-0.25, -0.2) is 0 Å². The zero-order valence-corrected chi connectivity index (χ0v) is 23.1. The molecule has 210 valence electrons. The van der Waals surface area contributed by atoms with E-state index in [1.54, 1.807) is 12.0 Å². The van der Waals surface area contributed by atoms with Gasteiger partial charge in [0.1, 0.15) is 5.75 Å². The predicted octanol–water partition coefficient (Wildman–Crippen LogP) is 3.44. The quantitative estimate of drug-likeness (QED) is 0.409. The van der Waals surface area contributed by atoms with Crippen LogP contribution < -0.4 is 9.64 Å². The number of carbonyl (C=O) groups excluding carboxylic acids is 2. The van der Waals surface area contributed by atoms with Crippen LogP contribution in [0.4, 0.5) is 5.82 Å². The number of aromatic nitrogens is 2. The molecule has 0 aliphatic carbocycles. The lowest BCUT2D eigenvalue weighted by Gasteiger charge is -2.28. The van der Waals surface area contributed by atoms with E-state index in [9.17, 15) is 9.59 Å². The summed E-state index contributed by atoms with van der Waals surface area (Å²) in [5.41, 5.74) is 2.67. The number of methoxy groups -OCH3 is 1. The minimum absolute atomic E-state index is 0.00864. The number of amides is 2. The molecule has 2 amide bonds. The van der Waals surface area contributed by atoms with Gasteiger partial charge < -0.3 is 24.2 Å². The fraction of sp³-hybridized carbons (Fsp3) is 0.419. The van der Waals surface area contributed by atoms with Gasteiger partial charge in [-0.3, -0.25) is 9.59 Å². The number of rotatable bonds is 9. The van der Waals surface area contributed by atoms with Gasteiger partial charge in [-0.2, -0.15) is 0 Å². The summed E-state index contributed by atoms with van der Waals surface area (Å²) in [6.07, 6.45) is 2.99. The van der Waals surface area contributed by atoms with Crippen LogP contribution >= 0.6 is 0 Å². The fourth-order valence-corrected chi connectivity index (χ4v) is 5.26. The van der Waals surface area contributed by atoms with E-state index in [4.69, 9.17) is 9.47 Å². The molecule has 2 aliphatic rings. The van der Waals surface area contributed by atoms with E-state index >= 15 is 0 Å². The Morgan fingerprint density at radius 2 is 1.85 bits per heavy atom. The molecule has 1 aromatic heterocycles. The largest absolute Gasteiger partial charge is 0.497 e. The van der Waals surface area contributed by atoms with Gasteiger partial charge >= 0.3 is 0 Å². The molecule has 0 N–H and O–H groups in total. The van der Waals surface area contributed by atoms with Crippen molar-refractivity contribution in [3.8, 4) is 17.0 Å². The van der Waals surface area contributed by atoms with Crippen LogP contribution in [-0.4, -0.2) is 90.9 Å². The van der Waals surface area contributed by atoms with E-state index in [2.05, 4.69) is 15.1 Å². The first-order valence-electron chi connectivity index (χ1n) is 14.0. The Labute approximate surface area is 235 Å². The number of hydrogen-bond donors (Lipinski definition) is 0. The van der Waals surface area contributed by atoms with Crippen molar-refractivity contribution in [1.29, 1.82) is 0 Å². The summed E-state index contributed by atoms with van der Waals surface area (Å²) < 4.78 is 11.1. The second-order valence-electron chi connectivity index (χ2n) is 10.3. The summed E-state index contributed by atoms with van der Waals surface area (Å²) in [4.78, 5) is 32.4. The van der Waals surface area contributed by atoms with Crippen LogP contribution in [0.3, 0.4) is 0 Å². The molecule has 5 rings (SSSR count). The van der Waals surface area contributed by atoms with Crippen LogP contribution in [0.1, 0.15) is 24.8 Å². The molecule has 2 aromatic carbocycles. The summed E-state index contributed by atoms with van der Waals surface area (Å²) >= 11 is 0. The zero-order valence-electron chi connectivity index (χ0n) is 23.1. The molecule has 2 fully saturated rings. The first-order chi connectivity index (χ1) is 19.6. The van der Waals surface area contributed by atoms with Gasteiger partial charge in [-0.1, -0.05) is 42.5 Å². The van der Waals surface area contributed by atoms with Gasteiger partial charge in [-0.05, 0) is 49.1 Å². The number of anilines is 1. The molecule has 0 spiro atoms. The minimum atomic E-state index is -0.0436. The predicted molar refractivity (Wildman–Crippen MR) is 153 cm³/mol. The molecule has 9 nitrogen and oxygen atoms in total. The molecule has 2 aliphatic heterocycles. The van der Waals surface area contributed by atoms with Crippen molar-refractivity contribution < 1.29 is 19.1 Å². The monoisotopic (exact) mass is 543 g/mol. The second kappa shape index (κ2) is 13.4. The normalized spacial score (nSPS) is 17.4. The number of benzene rings is 2. The molecular weight excluding hydrogens is 506 g/mol. The molecular formula is C31H37N5O4. The smallest absolute Gasteiger partial charge is 0.242 e.